The molecule has 0 spiro atoms. The molecule has 1 aliphatic carbocycles. The summed E-state index contributed by atoms with van der Waals surface area (Å²) in [6.07, 6.45) is 3.13. The van der Waals surface area contributed by atoms with Gasteiger partial charge in [0.2, 0.25) is 0 Å². The maximum atomic E-state index is 12.6. The zero-order chi connectivity index (χ0) is 15.1. The molecule has 2 aromatic rings. The van der Waals surface area contributed by atoms with Crippen LogP contribution in [0.2, 0.25) is 0 Å². The number of nitrogens with zero attached hydrogens (tertiary/aromatic N) is 2. The van der Waals surface area contributed by atoms with E-state index in [1.165, 1.54) is 33.9 Å². The quantitative estimate of drug-likeness (QED) is 0.492. The zero-order valence-corrected chi connectivity index (χ0v) is 13.8. The topological polar surface area (TPSA) is 61.2 Å². The van der Waals surface area contributed by atoms with Gasteiger partial charge in [-0.25, -0.2) is 4.98 Å². The van der Waals surface area contributed by atoms with Gasteiger partial charge in [0, 0.05) is 11.9 Å². The molecule has 3 rings (SSSR count). The molecule has 0 bridgehead atoms. The summed E-state index contributed by atoms with van der Waals surface area (Å²) in [4.78, 5) is 30.8. The molecule has 5 nitrogen and oxygen atoms in total. The van der Waals surface area contributed by atoms with Gasteiger partial charge >= 0.3 is 5.97 Å². The number of rotatable bonds is 3. The Morgan fingerprint density at radius 1 is 1.48 bits per heavy atom. The van der Waals surface area contributed by atoms with Gasteiger partial charge < -0.3 is 4.74 Å². The third-order valence-corrected chi connectivity index (χ3v) is 6.03. The van der Waals surface area contributed by atoms with E-state index in [0.29, 0.717) is 5.16 Å². The predicted octanol–water partition coefficient (Wildman–Crippen LogP) is 2.14. The van der Waals surface area contributed by atoms with Gasteiger partial charge in [-0.15, -0.1) is 11.3 Å². The Kier molecular flexibility index (Phi) is 3.79. The first-order chi connectivity index (χ1) is 10.0. The van der Waals surface area contributed by atoms with Gasteiger partial charge in [-0.05, 0) is 31.7 Å². The molecule has 21 heavy (non-hydrogen) atoms. The molecule has 0 saturated carbocycles. The minimum atomic E-state index is -0.391. The first kappa shape index (κ1) is 14.6. The minimum absolute atomic E-state index is 0.0148. The van der Waals surface area contributed by atoms with Gasteiger partial charge in [0.15, 0.2) is 5.16 Å². The summed E-state index contributed by atoms with van der Waals surface area (Å²) in [5.41, 5.74) is 1.17. The fourth-order valence-corrected chi connectivity index (χ4v) is 4.79. The van der Waals surface area contributed by atoms with Crippen LogP contribution in [0.25, 0.3) is 10.2 Å². The number of carbonyl (C=O) groups is 1. The fourth-order valence-electron chi connectivity index (χ4n) is 2.58. The van der Waals surface area contributed by atoms with Crippen LogP contribution in [-0.2, 0) is 29.4 Å². The molecule has 0 saturated heterocycles. The molecule has 1 atom stereocenters. The molecule has 112 valence electrons. The van der Waals surface area contributed by atoms with Crippen LogP contribution in [0.1, 0.15) is 23.8 Å². The Labute approximate surface area is 130 Å². The van der Waals surface area contributed by atoms with Gasteiger partial charge in [0.05, 0.1) is 12.5 Å². The van der Waals surface area contributed by atoms with Crippen molar-refractivity contribution in [3.8, 4) is 0 Å². The first-order valence-corrected chi connectivity index (χ1v) is 8.48. The van der Waals surface area contributed by atoms with Crippen molar-refractivity contribution >= 4 is 39.3 Å². The Balaban J connectivity index is 2.07. The van der Waals surface area contributed by atoms with E-state index in [2.05, 4.69) is 4.98 Å². The van der Waals surface area contributed by atoms with Crippen molar-refractivity contribution in [3.63, 3.8) is 0 Å². The number of esters is 1. The number of aromatic nitrogens is 2. The molecule has 0 fully saturated rings. The van der Waals surface area contributed by atoms with Crippen molar-refractivity contribution in [2.24, 2.45) is 7.05 Å². The van der Waals surface area contributed by atoms with Crippen molar-refractivity contribution in [1.29, 1.82) is 0 Å². The van der Waals surface area contributed by atoms with E-state index in [1.54, 1.807) is 25.3 Å². The molecule has 2 aromatic heterocycles. The van der Waals surface area contributed by atoms with Crippen LogP contribution in [-0.4, -0.2) is 27.9 Å². The van der Waals surface area contributed by atoms with E-state index in [-0.39, 0.29) is 11.5 Å². The third-order valence-electron chi connectivity index (χ3n) is 3.72. The molecule has 0 aliphatic heterocycles. The average Bonchev–Trinajstić information content (AvgIpc) is 3.03. The second-order valence-corrected chi connectivity index (χ2v) is 7.47. The van der Waals surface area contributed by atoms with Gasteiger partial charge in [-0.2, -0.15) is 0 Å². The molecule has 0 aromatic carbocycles. The van der Waals surface area contributed by atoms with Crippen molar-refractivity contribution in [2.75, 3.05) is 7.11 Å². The number of hydrogen-bond donors (Lipinski definition) is 0. The third kappa shape index (κ3) is 2.38. The second-order valence-electron chi connectivity index (χ2n) is 5.08. The molecule has 7 heteroatoms. The summed E-state index contributed by atoms with van der Waals surface area (Å²) in [5, 5.41) is 0.938. The molecule has 2 heterocycles. The molecule has 1 aliphatic rings. The molecule has 0 amide bonds. The standard InChI is InChI=1S/C14H16N2O3S2/c1-7(13(18)19-3)20-14-15-11-10(12(17)16(14)2)8-5-4-6-9(8)21-11/h7H,4-6H2,1-3H3/t7-/m1/s1. The van der Waals surface area contributed by atoms with Crippen molar-refractivity contribution in [2.45, 2.75) is 36.6 Å². The van der Waals surface area contributed by atoms with E-state index >= 15 is 0 Å². The van der Waals surface area contributed by atoms with Crippen molar-refractivity contribution in [1.82, 2.24) is 9.55 Å². The Bertz CT molecular complexity index is 779. The first-order valence-electron chi connectivity index (χ1n) is 6.78. The summed E-state index contributed by atoms with van der Waals surface area (Å²) in [6.45, 7) is 1.75. The lowest BCUT2D eigenvalue weighted by Crippen LogP contribution is -2.22. The number of ether oxygens (including phenoxy) is 1. The van der Waals surface area contributed by atoms with E-state index in [9.17, 15) is 9.59 Å². The molecular weight excluding hydrogens is 308 g/mol. The number of thioether (sulfide) groups is 1. The smallest absolute Gasteiger partial charge is 0.318 e. The number of thiophene rings is 1. The minimum Gasteiger partial charge on any atom is -0.468 e. The lowest BCUT2D eigenvalue weighted by molar-refractivity contribution is -0.139. The number of hydrogen-bond acceptors (Lipinski definition) is 6. The molecule has 0 unspecified atom stereocenters. The number of methoxy groups -OCH3 is 1. The van der Waals surface area contributed by atoms with Crippen LogP contribution < -0.4 is 5.56 Å². The Morgan fingerprint density at radius 3 is 2.95 bits per heavy atom. The molecule has 0 N–H and O–H groups in total. The highest BCUT2D eigenvalue weighted by molar-refractivity contribution is 8.00. The van der Waals surface area contributed by atoms with Crippen LogP contribution in [0.15, 0.2) is 9.95 Å². The van der Waals surface area contributed by atoms with Crippen LogP contribution >= 0.6 is 23.1 Å². The Morgan fingerprint density at radius 2 is 2.24 bits per heavy atom. The monoisotopic (exact) mass is 324 g/mol. The molecular formula is C14H16N2O3S2. The summed E-state index contributed by atoms with van der Waals surface area (Å²) in [7, 11) is 3.07. The summed E-state index contributed by atoms with van der Waals surface area (Å²) >= 11 is 2.87. The van der Waals surface area contributed by atoms with Crippen LogP contribution in [0, 0.1) is 0 Å². The van der Waals surface area contributed by atoms with Gasteiger partial charge in [0.25, 0.3) is 5.56 Å². The molecule has 0 radical (unpaired) electrons. The van der Waals surface area contributed by atoms with Crippen LogP contribution in [0.5, 0.6) is 0 Å². The summed E-state index contributed by atoms with van der Waals surface area (Å²) < 4.78 is 6.26. The normalized spacial score (nSPS) is 15.2. The number of carbonyl (C=O) groups excluding carboxylic acids is 1. The van der Waals surface area contributed by atoms with Crippen LogP contribution in [0.4, 0.5) is 0 Å². The van der Waals surface area contributed by atoms with Crippen LogP contribution in [0.3, 0.4) is 0 Å². The van der Waals surface area contributed by atoms with E-state index < -0.39 is 5.25 Å². The number of fused-ring (bicyclic) bond motifs is 3. The lowest BCUT2D eigenvalue weighted by Gasteiger charge is -2.11. The second kappa shape index (κ2) is 5.46. The SMILES string of the molecule is COC(=O)[C@@H](C)Sc1nc2sc3c(c2c(=O)n1C)CCC3. The predicted molar refractivity (Wildman–Crippen MR) is 84.2 cm³/mol. The van der Waals surface area contributed by atoms with Crippen molar-refractivity contribution in [3.05, 3.63) is 20.8 Å². The maximum absolute atomic E-state index is 12.6. The van der Waals surface area contributed by atoms with Gasteiger partial charge in [-0.1, -0.05) is 11.8 Å². The van der Waals surface area contributed by atoms with Gasteiger partial charge in [0.1, 0.15) is 10.1 Å². The largest absolute Gasteiger partial charge is 0.468 e. The maximum Gasteiger partial charge on any atom is 0.318 e. The summed E-state index contributed by atoms with van der Waals surface area (Å²) in [5.74, 6) is -0.317. The highest BCUT2D eigenvalue weighted by Gasteiger charge is 2.24. The van der Waals surface area contributed by atoms with E-state index in [0.717, 1.165) is 29.5 Å². The van der Waals surface area contributed by atoms with E-state index in [1.807, 2.05) is 0 Å². The average molecular weight is 324 g/mol. The Hall–Kier alpha value is -1.34. The van der Waals surface area contributed by atoms with Gasteiger partial charge in [-0.3, -0.25) is 14.2 Å². The lowest BCUT2D eigenvalue weighted by atomic mass is 10.2. The fraction of sp³-hybridized carbons (Fsp3) is 0.500. The number of aryl methyl sites for hydroxylation is 2. The zero-order valence-electron chi connectivity index (χ0n) is 12.1. The highest BCUT2D eigenvalue weighted by atomic mass is 32.2. The van der Waals surface area contributed by atoms with Crippen molar-refractivity contribution < 1.29 is 9.53 Å². The van der Waals surface area contributed by atoms with E-state index in [4.69, 9.17) is 4.74 Å². The highest BCUT2D eigenvalue weighted by Crippen LogP contribution is 2.35. The summed E-state index contributed by atoms with van der Waals surface area (Å²) in [6, 6.07) is 0.